The van der Waals surface area contributed by atoms with Crippen LogP contribution in [0.15, 0.2) is 66.9 Å². The summed E-state index contributed by atoms with van der Waals surface area (Å²) in [5.41, 5.74) is 4.81. The van der Waals surface area contributed by atoms with Crippen molar-refractivity contribution < 1.29 is 9.90 Å². The molecule has 7 nitrogen and oxygen atoms in total. The SMILES string of the molecule is Cc1cc(O)c(C(=O)N2CCC(CCN3[C@@H]4CC[C@H]3C[C@@H](n3c(C)nc5ccccc53)C4)(c3ccccc3)CC2)cn1. The standard InChI is InChI=1S/C35H41N5O2/c1-24-20-33(41)30(23-36-24)34(42)38-17-14-35(15-18-38,26-8-4-3-5-9-26)16-19-39-27-12-13-28(39)22-29(21-27)40-25(2)37-31-10-6-7-11-32(31)40/h3-11,20,23,27-29H,12-19,21-22H2,1-2H3,(H,36,41)/t27-,28+,29+. The van der Waals surface area contributed by atoms with Crippen molar-refractivity contribution in [2.75, 3.05) is 19.6 Å². The molecule has 1 amide bonds. The first kappa shape index (κ1) is 27.1. The van der Waals surface area contributed by atoms with Crippen molar-refractivity contribution in [2.24, 2.45) is 0 Å². The van der Waals surface area contributed by atoms with Gasteiger partial charge >= 0.3 is 0 Å². The second-order valence-electron chi connectivity index (χ2n) is 12.8. The highest BCUT2D eigenvalue weighted by Gasteiger charge is 2.44. The van der Waals surface area contributed by atoms with Crippen molar-refractivity contribution in [3.8, 4) is 5.75 Å². The highest BCUT2D eigenvalue weighted by atomic mass is 16.3. The van der Waals surface area contributed by atoms with Crippen molar-refractivity contribution in [1.82, 2.24) is 24.3 Å². The van der Waals surface area contributed by atoms with Gasteiger partial charge in [0, 0.05) is 49.2 Å². The first-order valence-electron chi connectivity index (χ1n) is 15.6. The van der Waals surface area contributed by atoms with E-state index in [-0.39, 0.29) is 17.1 Å². The average Bonchev–Trinajstić information content (AvgIpc) is 3.46. The number of carbonyl (C=O) groups is 1. The van der Waals surface area contributed by atoms with Crippen LogP contribution in [0.4, 0.5) is 0 Å². The van der Waals surface area contributed by atoms with Gasteiger partial charge in [-0.1, -0.05) is 42.5 Å². The number of imidazole rings is 1. The zero-order chi connectivity index (χ0) is 28.8. The van der Waals surface area contributed by atoms with Gasteiger partial charge < -0.3 is 14.6 Å². The average molecular weight is 564 g/mol. The van der Waals surface area contributed by atoms with Crippen LogP contribution in [-0.4, -0.2) is 67.1 Å². The van der Waals surface area contributed by atoms with Gasteiger partial charge in [0.2, 0.25) is 0 Å². The fourth-order valence-electron chi connectivity index (χ4n) is 8.28. The van der Waals surface area contributed by atoms with Crippen molar-refractivity contribution in [1.29, 1.82) is 0 Å². The normalized spacial score (nSPS) is 23.9. The van der Waals surface area contributed by atoms with Crippen molar-refractivity contribution in [3.63, 3.8) is 0 Å². The van der Waals surface area contributed by atoms with E-state index in [1.54, 1.807) is 6.07 Å². The molecular formula is C35H41N5O2. The van der Waals surface area contributed by atoms with Crippen molar-refractivity contribution in [3.05, 3.63) is 89.5 Å². The number of aromatic hydroxyl groups is 1. The van der Waals surface area contributed by atoms with E-state index in [0.29, 0.717) is 42.5 Å². The van der Waals surface area contributed by atoms with Crippen molar-refractivity contribution in [2.45, 2.75) is 82.3 Å². The molecule has 2 aromatic carbocycles. The van der Waals surface area contributed by atoms with Crippen LogP contribution in [0.1, 0.15) is 78.4 Å². The first-order chi connectivity index (χ1) is 20.4. The fourth-order valence-corrected chi connectivity index (χ4v) is 8.28. The number of nitrogens with zero attached hydrogens (tertiary/aromatic N) is 5. The summed E-state index contributed by atoms with van der Waals surface area (Å²) in [6, 6.07) is 22.8. The van der Waals surface area contributed by atoms with E-state index in [1.165, 1.54) is 43.0 Å². The summed E-state index contributed by atoms with van der Waals surface area (Å²) < 4.78 is 2.51. The molecule has 7 rings (SSSR count). The summed E-state index contributed by atoms with van der Waals surface area (Å²) in [6.45, 7) is 6.44. The van der Waals surface area contributed by atoms with E-state index in [0.717, 1.165) is 37.1 Å². The Hall–Kier alpha value is -3.71. The zero-order valence-electron chi connectivity index (χ0n) is 24.7. The molecule has 3 aliphatic rings. The molecule has 3 fully saturated rings. The second-order valence-corrected chi connectivity index (χ2v) is 12.8. The Labute approximate surface area is 248 Å². The highest BCUT2D eigenvalue weighted by molar-refractivity contribution is 5.96. The Morgan fingerprint density at radius 1 is 0.952 bits per heavy atom. The van der Waals surface area contributed by atoms with Crippen LogP contribution in [0.2, 0.25) is 0 Å². The summed E-state index contributed by atoms with van der Waals surface area (Å²) in [7, 11) is 0. The number of fused-ring (bicyclic) bond motifs is 3. The number of para-hydroxylation sites is 2. The number of likely N-dealkylation sites (tertiary alicyclic amines) is 1. The summed E-state index contributed by atoms with van der Waals surface area (Å²) in [4.78, 5) is 27.2. The van der Waals surface area contributed by atoms with Gasteiger partial charge in [0.05, 0.1) is 16.6 Å². The summed E-state index contributed by atoms with van der Waals surface area (Å²) in [5.74, 6) is 1.03. The molecule has 0 radical (unpaired) electrons. The highest BCUT2D eigenvalue weighted by Crippen LogP contribution is 2.45. The maximum absolute atomic E-state index is 13.3. The Morgan fingerprint density at radius 2 is 1.64 bits per heavy atom. The van der Waals surface area contributed by atoms with Gasteiger partial charge in [-0.2, -0.15) is 0 Å². The number of pyridine rings is 1. The van der Waals surface area contributed by atoms with E-state index in [1.807, 2.05) is 11.8 Å². The number of amides is 1. The molecule has 3 atom stereocenters. The van der Waals surface area contributed by atoms with Crippen LogP contribution in [-0.2, 0) is 5.41 Å². The molecule has 0 spiro atoms. The number of rotatable bonds is 6. The van der Waals surface area contributed by atoms with E-state index < -0.39 is 0 Å². The summed E-state index contributed by atoms with van der Waals surface area (Å²) in [6.07, 6.45) is 9.39. The van der Waals surface area contributed by atoms with E-state index in [9.17, 15) is 9.90 Å². The molecule has 7 heteroatoms. The quantitative estimate of drug-likeness (QED) is 0.303. The van der Waals surface area contributed by atoms with Crippen LogP contribution in [0.3, 0.4) is 0 Å². The van der Waals surface area contributed by atoms with Crippen LogP contribution in [0, 0.1) is 13.8 Å². The maximum atomic E-state index is 13.3. The van der Waals surface area contributed by atoms with Gasteiger partial charge in [0.15, 0.2) is 0 Å². The van der Waals surface area contributed by atoms with E-state index in [2.05, 4.69) is 76.0 Å². The smallest absolute Gasteiger partial charge is 0.259 e. The van der Waals surface area contributed by atoms with Gasteiger partial charge in [0.1, 0.15) is 11.6 Å². The summed E-state index contributed by atoms with van der Waals surface area (Å²) >= 11 is 0. The third kappa shape index (κ3) is 4.77. The first-order valence-corrected chi connectivity index (χ1v) is 15.6. The third-order valence-corrected chi connectivity index (χ3v) is 10.5. The van der Waals surface area contributed by atoms with E-state index >= 15 is 0 Å². The van der Waals surface area contributed by atoms with Crippen LogP contribution >= 0.6 is 0 Å². The monoisotopic (exact) mass is 563 g/mol. The predicted octanol–water partition coefficient (Wildman–Crippen LogP) is 6.19. The molecule has 4 aromatic rings. The van der Waals surface area contributed by atoms with Gasteiger partial charge in [-0.25, -0.2) is 4.98 Å². The lowest BCUT2D eigenvalue weighted by Gasteiger charge is -2.45. The molecular weight excluding hydrogens is 522 g/mol. The minimum atomic E-state index is -0.121. The van der Waals surface area contributed by atoms with Crippen molar-refractivity contribution >= 4 is 16.9 Å². The minimum absolute atomic E-state index is 0.0187. The number of aryl methyl sites for hydroxylation is 2. The molecule has 0 saturated carbocycles. The molecule has 3 saturated heterocycles. The molecule has 0 unspecified atom stereocenters. The topological polar surface area (TPSA) is 74.5 Å². The number of hydrogen-bond donors (Lipinski definition) is 1. The Morgan fingerprint density at radius 3 is 2.36 bits per heavy atom. The van der Waals surface area contributed by atoms with Crippen LogP contribution in [0.5, 0.6) is 5.75 Å². The Bertz CT molecular complexity index is 1580. The lowest BCUT2D eigenvalue weighted by Crippen LogP contribution is -2.49. The molecule has 218 valence electrons. The largest absolute Gasteiger partial charge is 0.507 e. The molecule has 2 aromatic heterocycles. The number of piperidine rings is 2. The van der Waals surface area contributed by atoms with Crippen LogP contribution in [0.25, 0.3) is 11.0 Å². The predicted molar refractivity (Wildman–Crippen MR) is 165 cm³/mol. The number of hydrogen-bond acceptors (Lipinski definition) is 5. The van der Waals surface area contributed by atoms with Gasteiger partial charge in [-0.15, -0.1) is 0 Å². The van der Waals surface area contributed by atoms with Crippen LogP contribution < -0.4 is 0 Å². The van der Waals surface area contributed by atoms with Gasteiger partial charge in [0.25, 0.3) is 5.91 Å². The third-order valence-electron chi connectivity index (χ3n) is 10.5. The fraction of sp³-hybridized carbons (Fsp3) is 0.457. The Kier molecular flexibility index (Phi) is 7.01. The Balaban J connectivity index is 1.06. The van der Waals surface area contributed by atoms with Gasteiger partial charge in [-0.3, -0.25) is 14.7 Å². The molecule has 5 heterocycles. The molecule has 0 aliphatic carbocycles. The maximum Gasteiger partial charge on any atom is 0.259 e. The minimum Gasteiger partial charge on any atom is -0.507 e. The lowest BCUT2D eigenvalue weighted by molar-refractivity contribution is 0.0604. The summed E-state index contributed by atoms with van der Waals surface area (Å²) in [5, 5.41) is 10.4. The van der Waals surface area contributed by atoms with E-state index in [4.69, 9.17) is 4.98 Å². The van der Waals surface area contributed by atoms with Gasteiger partial charge in [-0.05, 0) is 88.4 Å². The zero-order valence-corrected chi connectivity index (χ0v) is 24.7. The molecule has 3 aliphatic heterocycles. The number of benzene rings is 2. The molecule has 42 heavy (non-hydrogen) atoms. The number of carbonyl (C=O) groups excluding carboxylic acids is 1. The number of aromatic nitrogens is 3. The molecule has 1 N–H and O–H groups in total. The second kappa shape index (κ2) is 10.8. The molecule has 2 bridgehead atoms. The lowest BCUT2D eigenvalue weighted by atomic mass is 9.70.